The summed E-state index contributed by atoms with van der Waals surface area (Å²) in [7, 11) is 0. The Kier molecular flexibility index (Phi) is 3.19. The zero-order valence-electron chi connectivity index (χ0n) is 7.92. The first kappa shape index (κ1) is 11.5. The lowest BCUT2D eigenvalue weighted by atomic mass is 10.1. The molecule has 0 bridgehead atoms. The quantitative estimate of drug-likeness (QED) is 0.807. The van der Waals surface area contributed by atoms with Gasteiger partial charge in [0.05, 0.1) is 10.0 Å². The van der Waals surface area contributed by atoms with Crippen molar-refractivity contribution in [3.63, 3.8) is 0 Å². The normalized spacial score (nSPS) is 10.4. The van der Waals surface area contributed by atoms with Gasteiger partial charge in [-0.25, -0.2) is 9.97 Å². The van der Waals surface area contributed by atoms with Crippen LogP contribution in [-0.4, -0.2) is 9.97 Å². The molecule has 0 amide bonds. The number of hydrogen-bond donors (Lipinski definition) is 1. The maximum atomic E-state index is 6.06. The lowest BCUT2D eigenvalue weighted by Gasteiger charge is -2.07. The Bertz CT molecular complexity index is 543. The first-order valence-corrected chi connectivity index (χ1v) is 5.45. The van der Waals surface area contributed by atoms with Gasteiger partial charge >= 0.3 is 0 Å². The third-order valence-corrected chi connectivity index (χ3v) is 3.03. The number of aromatic nitrogens is 2. The van der Waals surface area contributed by atoms with Gasteiger partial charge in [0.25, 0.3) is 0 Å². The Hall–Kier alpha value is -1.03. The lowest BCUT2D eigenvalue weighted by molar-refractivity contribution is 1.18. The fourth-order valence-corrected chi connectivity index (χ4v) is 1.83. The molecule has 2 N–H and O–H groups in total. The van der Waals surface area contributed by atoms with Crippen LogP contribution in [0.1, 0.15) is 0 Å². The van der Waals surface area contributed by atoms with Crippen LogP contribution in [0.3, 0.4) is 0 Å². The summed E-state index contributed by atoms with van der Waals surface area (Å²) in [6, 6.07) is 5.26. The first-order valence-electron chi connectivity index (χ1n) is 4.32. The van der Waals surface area contributed by atoms with Gasteiger partial charge < -0.3 is 5.73 Å². The molecule has 0 aliphatic carbocycles. The maximum absolute atomic E-state index is 6.06. The van der Waals surface area contributed by atoms with Gasteiger partial charge in [-0.15, -0.1) is 0 Å². The van der Waals surface area contributed by atoms with Gasteiger partial charge in [-0.1, -0.05) is 35.3 Å². The third kappa shape index (κ3) is 2.07. The molecule has 2 aromatic rings. The van der Waals surface area contributed by atoms with Crippen LogP contribution in [0.4, 0.5) is 5.82 Å². The number of hydrogen-bond acceptors (Lipinski definition) is 3. The van der Waals surface area contributed by atoms with Gasteiger partial charge in [-0.05, 0) is 17.7 Å². The second kappa shape index (κ2) is 4.45. The van der Waals surface area contributed by atoms with Crippen LogP contribution in [0.5, 0.6) is 0 Å². The molecule has 0 atom stereocenters. The van der Waals surface area contributed by atoms with E-state index in [1.54, 1.807) is 18.2 Å². The lowest BCUT2D eigenvalue weighted by Crippen LogP contribution is -1.96. The highest BCUT2D eigenvalue weighted by atomic mass is 35.5. The molecule has 1 aromatic heterocycles. The van der Waals surface area contributed by atoms with E-state index in [-0.39, 0.29) is 11.1 Å². The minimum atomic E-state index is 0.0967. The molecular weight excluding hydrogens is 268 g/mol. The molecule has 0 unspecified atom stereocenters. The summed E-state index contributed by atoms with van der Waals surface area (Å²) >= 11 is 17.6. The molecule has 0 radical (unpaired) electrons. The van der Waals surface area contributed by atoms with E-state index < -0.39 is 0 Å². The van der Waals surface area contributed by atoms with Gasteiger partial charge in [0.2, 0.25) is 5.28 Å². The Morgan fingerprint density at radius 2 is 1.81 bits per heavy atom. The molecule has 16 heavy (non-hydrogen) atoms. The highest BCUT2D eigenvalue weighted by molar-refractivity contribution is 6.43. The molecular formula is C10H6Cl3N3. The molecule has 0 aliphatic heterocycles. The molecule has 0 saturated carbocycles. The van der Waals surface area contributed by atoms with Crippen molar-refractivity contribution in [2.75, 3.05) is 5.73 Å². The molecule has 1 heterocycles. The molecule has 1 aromatic carbocycles. The van der Waals surface area contributed by atoms with Crippen molar-refractivity contribution >= 4 is 40.6 Å². The van der Waals surface area contributed by atoms with Gasteiger partial charge in [0.1, 0.15) is 5.82 Å². The Balaban J connectivity index is 2.63. The fraction of sp³-hybridized carbons (Fsp3) is 0. The SMILES string of the molecule is Nc1nc(Cl)ncc1-c1cccc(Cl)c1Cl. The Morgan fingerprint density at radius 3 is 2.50 bits per heavy atom. The van der Waals surface area contributed by atoms with Crippen molar-refractivity contribution in [3.05, 3.63) is 39.7 Å². The zero-order valence-corrected chi connectivity index (χ0v) is 10.2. The smallest absolute Gasteiger partial charge is 0.224 e. The predicted molar refractivity (Wildman–Crippen MR) is 66.9 cm³/mol. The minimum absolute atomic E-state index is 0.0967. The average molecular weight is 275 g/mol. The van der Waals surface area contributed by atoms with E-state index in [0.29, 0.717) is 21.2 Å². The van der Waals surface area contributed by atoms with Gasteiger partial charge in [0, 0.05) is 17.3 Å². The average Bonchev–Trinajstić information content (AvgIpc) is 2.23. The van der Waals surface area contributed by atoms with Crippen molar-refractivity contribution in [1.29, 1.82) is 0 Å². The highest BCUT2D eigenvalue weighted by Crippen LogP contribution is 2.35. The van der Waals surface area contributed by atoms with Crippen molar-refractivity contribution in [2.45, 2.75) is 0 Å². The van der Waals surface area contributed by atoms with Crippen LogP contribution in [0.15, 0.2) is 24.4 Å². The van der Waals surface area contributed by atoms with E-state index in [2.05, 4.69) is 9.97 Å². The summed E-state index contributed by atoms with van der Waals surface area (Å²) in [4.78, 5) is 7.71. The summed E-state index contributed by atoms with van der Waals surface area (Å²) in [5.41, 5.74) is 7.03. The molecule has 82 valence electrons. The van der Waals surface area contributed by atoms with E-state index in [1.807, 2.05) is 0 Å². The molecule has 0 aliphatic rings. The van der Waals surface area contributed by atoms with Crippen molar-refractivity contribution in [1.82, 2.24) is 9.97 Å². The van der Waals surface area contributed by atoms with Crippen LogP contribution in [0.2, 0.25) is 15.3 Å². The number of nitrogen functional groups attached to an aromatic ring is 1. The summed E-state index contributed by atoms with van der Waals surface area (Å²) in [6.45, 7) is 0. The van der Waals surface area contributed by atoms with Gasteiger partial charge in [-0.2, -0.15) is 0 Å². The van der Waals surface area contributed by atoms with Crippen molar-refractivity contribution in [3.8, 4) is 11.1 Å². The first-order chi connectivity index (χ1) is 7.59. The summed E-state index contributed by atoms with van der Waals surface area (Å²) < 4.78 is 0. The maximum Gasteiger partial charge on any atom is 0.224 e. The van der Waals surface area contributed by atoms with E-state index >= 15 is 0 Å². The van der Waals surface area contributed by atoms with Crippen LogP contribution >= 0.6 is 34.8 Å². The zero-order chi connectivity index (χ0) is 11.7. The van der Waals surface area contributed by atoms with E-state index in [0.717, 1.165) is 0 Å². The number of nitrogens with two attached hydrogens (primary N) is 1. The van der Waals surface area contributed by atoms with E-state index in [1.165, 1.54) is 6.20 Å². The third-order valence-electron chi connectivity index (χ3n) is 2.03. The van der Waals surface area contributed by atoms with E-state index in [4.69, 9.17) is 40.5 Å². The van der Waals surface area contributed by atoms with Crippen molar-refractivity contribution in [2.24, 2.45) is 0 Å². The number of halogens is 3. The van der Waals surface area contributed by atoms with Crippen LogP contribution in [0, 0.1) is 0 Å². The molecule has 2 rings (SSSR count). The largest absolute Gasteiger partial charge is 0.383 e. The number of benzene rings is 1. The molecule has 6 heteroatoms. The molecule has 0 saturated heterocycles. The predicted octanol–water partition coefficient (Wildman–Crippen LogP) is 3.69. The minimum Gasteiger partial charge on any atom is -0.383 e. The van der Waals surface area contributed by atoms with Crippen LogP contribution in [0.25, 0.3) is 11.1 Å². The summed E-state index contributed by atoms with van der Waals surface area (Å²) in [5.74, 6) is 0.268. The monoisotopic (exact) mass is 273 g/mol. The van der Waals surface area contributed by atoms with Gasteiger partial charge in [-0.3, -0.25) is 0 Å². The highest BCUT2D eigenvalue weighted by Gasteiger charge is 2.11. The second-order valence-corrected chi connectivity index (χ2v) is 4.16. The summed E-state index contributed by atoms with van der Waals surface area (Å²) in [6.07, 6.45) is 1.52. The Morgan fingerprint density at radius 1 is 1.06 bits per heavy atom. The molecule has 3 nitrogen and oxygen atoms in total. The van der Waals surface area contributed by atoms with Crippen molar-refractivity contribution < 1.29 is 0 Å². The number of rotatable bonds is 1. The topological polar surface area (TPSA) is 51.8 Å². The second-order valence-electron chi connectivity index (χ2n) is 3.04. The van der Waals surface area contributed by atoms with E-state index in [9.17, 15) is 0 Å². The van der Waals surface area contributed by atoms with Crippen LogP contribution < -0.4 is 5.73 Å². The molecule has 0 fully saturated rings. The fourth-order valence-electron chi connectivity index (χ4n) is 1.29. The number of nitrogens with zero attached hydrogens (tertiary/aromatic N) is 2. The molecule has 0 spiro atoms. The standard InChI is InChI=1S/C10H6Cl3N3/c11-7-3-1-2-5(8(7)12)6-4-15-10(13)16-9(6)14/h1-4H,(H2,14,15,16). The van der Waals surface area contributed by atoms with Gasteiger partial charge in [0.15, 0.2) is 0 Å². The number of anilines is 1. The Labute approximate surface area is 107 Å². The summed E-state index contributed by atoms with van der Waals surface area (Å²) in [5, 5.41) is 0.967. The van der Waals surface area contributed by atoms with Crippen LogP contribution in [-0.2, 0) is 0 Å².